The van der Waals surface area contributed by atoms with Gasteiger partial charge in [-0.2, -0.15) is 0 Å². The number of nitrogens with one attached hydrogen (secondary N) is 1. The van der Waals surface area contributed by atoms with Crippen LogP contribution < -0.4 is 5.32 Å². The van der Waals surface area contributed by atoms with Gasteiger partial charge in [-0.25, -0.2) is 14.6 Å². The van der Waals surface area contributed by atoms with Gasteiger partial charge in [0.2, 0.25) is 0 Å². The maximum Gasteiger partial charge on any atom is 0.409 e. The number of carbonyl (C=O) groups excluding carboxylic acids is 2. The van der Waals surface area contributed by atoms with Gasteiger partial charge in [0.15, 0.2) is 0 Å². The summed E-state index contributed by atoms with van der Waals surface area (Å²) >= 11 is 0. The third-order valence-electron chi connectivity index (χ3n) is 4.55. The first-order valence-electron chi connectivity index (χ1n) is 8.62. The van der Waals surface area contributed by atoms with Crippen LogP contribution in [0.25, 0.3) is 0 Å². The zero-order chi connectivity index (χ0) is 16.8. The number of carbonyl (C=O) groups is 2. The second-order valence-electron chi connectivity index (χ2n) is 6.40. The molecule has 3 rings (SSSR count). The molecule has 0 bridgehead atoms. The van der Waals surface area contributed by atoms with Gasteiger partial charge in [0.25, 0.3) is 0 Å². The molecular weight excluding hydrogens is 310 g/mol. The van der Waals surface area contributed by atoms with E-state index < -0.39 is 0 Å². The van der Waals surface area contributed by atoms with Gasteiger partial charge in [0.1, 0.15) is 0 Å². The summed E-state index contributed by atoms with van der Waals surface area (Å²) in [5, 5.41) is 2.92. The molecule has 132 valence electrons. The predicted molar refractivity (Wildman–Crippen MR) is 87.5 cm³/mol. The molecule has 1 N–H and O–H groups in total. The highest BCUT2D eigenvalue weighted by Gasteiger charge is 2.24. The Morgan fingerprint density at radius 2 is 2.29 bits per heavy atom. The quantitative estimate of drug-likeness (QED) is 0.875. The molecule has 0 radical (unpaired) electrons. The minimum Gasteiger partial charge on any atom is -0.449 e. The highest BCUT2D eigenvalue weighted by atomic mass is 16.6. The fourth-order valence-electron chi connectivity index (χ4n) is 3.30. The van der Waals surface area contributed by atoms with E-state index in [1.54, 1.807) is 11.1 Å². The second-order valence-corrected chi connectivity index (χ2v) is 6.40. The molecule has 3 amide bonds. The number of urea groups is 1. The van der Waals surface area contributed by atoms with Crippen LogP contribution >= 0.6 is 0 Å². The van der Waals surface area contributed by atoms with Gasteiger partial charge in [-0.1, -0.05) is 0 Å². The first-order valence-corrected chi connectivity index (χ1v) is 8.62. The monoisotopic (exact) mass is 335 g/mol. The largest absolute Gasteiger partial charge is 0.449 e. The van der Waals surface area contributed by atoms with Crippen LogP contribution in [0.4, 0.5) is 9.59 Å². The molecule has 1 atom stereocenters. The van der Waals surface area contributed by atoms with Crippen molar-refractivity contribution in [2.75, 3.05) is 39.3 Å². The standard InChI is InChI=1S/C16H25N5O3/c22-15(18-5-9-20-7-2-10-24-16(20)23)21-6-1-3-14(12-21)11-19-8-4-17-13-19/h4,8,13-14H,1-3,5-7,9-12H2,(H,18,22). The fourth-order valence-corrected chi connectivity index (χ4v) is 3.30. The van der Waals surface area contributed by atoms with Crippen LogP contribution in [0.2, 0.25) is 0 Å². The third-order valence-corrected chi connectivity index (χ3v) is 4.55. The number of nitrogens with zero attached hydrogens (tertiary/aromatic N) is 4. The minimum absolute atomic E-state index is 0.0456. The first-order chi connectivity index (χ1) is 11.7. The SMILES string of the molecule is O=C(NCCN1CCCOC1=O)N1CCCC(Cn2ccnc2)C1. The van der Waals surface area contributed by atoms with Crippen molar-refractivity contribution < 1.29 is 14.3 Å². The Morgan fingerprint density at radius 1 is 1.38 bits per heavy atom. The van der Waals surface area contributed by atoms with Crippen molar-refractivity contribution in [2.45, 2.75) is 25.8 Å². The Labute approximate surface area is 141 Å². The van der Waals surface area contributed by atoms with E-state index in [0.29, 0.717) is 32.2 Å². The van der Waals surface area contributed by atoms with Crippen LogP contribution in [0.15, 0.2) is 18.7 Å². The van der Waals surface area contributed by atoms with E-state index in [9.17, 15) is 9.59 Å². The van der Waals surface area contributed by atoms with Crippen LogP contribution in [0, 0.1) is 5.92 Å². The lowest BCUT2D eigenvalue weighted by Gasteiger charge is -2.33. The number of hydrogen-bond acceptors (Lipinski definition) is 4. The summed E-state index contributed by atoms with van der Waals surface area (Å²) < 4.78 is 7.05. The van der Waals surface area contributed by atoms with Crippen molar-refractivity contribution in [1.82, 2.24) is 24.7 Å². The van der Waals surface area contributed by atoms with E-state index in [-0.39, 0.29) is 12.1 Å². The number of aromatic nitrogens is 2. The molecule has 0 aliphatic carbocycles. The van der Waals surface area contributed by atoms with Gasteiger partial charge < -0.3 is 24.4 Å². The Hall–Kier alpha value is -2.25. The summed E-state index contributed by atoms with van der Waals surface area (Å²) in [7, 11) is 0. The minimum atomic E-state index is -0.283. The molecule has 1 aromatic heterocycles. The number of likely N-dealkylation sites (tertiary alicyclic amines) is 1. The Bertz CT molecular complexity index is 548. The maximum absolute atomic E-state index is 12.3. The zero-order valence-electron chi connectivity index (χ0n) is 13.9. The van der Waals surface area contributed by atoms with Gasteiger partial charge in [-0.05, 0) is 25.2 Å². The molecule has 8 nitrogen and oxygen atoms in total. The van der Waals surface area contributed by atoms with Gasteiger partial charge in [-0.3, -0.25) is 0 Å². The highest BCUT2D eigenvalue weighted by Crippen LogP contribution is 2.18. The molecule has 0 saturated carbocycles. The highest BCUT2D eigenvalue weighted by molar-refractivity contribution is 5.74. The summed E-state index contributed by atoms with van der Waals surface area (Å²) in [5.41, 5.74) is 0. The lowest BCUT2D eigenvalue weighted by atomic mass is 9.98. The second kappa shape index (κ2) is 8.03. The van der Waals surface area contributed by atoms with Crippen molar-refractivity contribution in [3.63, 3.8) is 0 Å². The summed E-state index contributed by atoms with van der Waals surface area (Å²) in [6.07, 6.45) is 8.26. The predicted octanol–water partition coefficient (Wildman–Crippen LogP) is 1.15. The van der Waals surface area contributed by atoms with E-state index in [2.05, 4.69) is 14.9 Å². The molecule has 8 heteroatoms. The van der Waals surface area contributed by atoms with Gasteiger partial charge in [0, 0.05) is 51.7 Å². The zero-order valence-corrected chi connectivity index (χ0v) is 13.9. The van der Waals surface area contributed by atoms with Crippen LogP contribution in [0.5, 0.6) is 0 Å². The smallest absolute Gasteiger partial charge is 0.409 e. The number of amides is 3. The average Bonchev–Trinajstić information content (AvgIpc) is 3.10. The van der Waals surface area contributed by atoms with Gasteiger partial charge in [-0.15, -0.1) is 0 Å². The van der Waals surface area contributed by atoms with Crippen molar-refractivity contribution in [3.8, 4) is 0 Å². The van der Waals surface area contributed by atoms with Crippen LogP contribution in [0.1, 0.15) is 19.3 Å². The van der Waals surface area contributed by atoms with Crippen LogP contribution in [-0.2, 0) is 11.3 Å². The number of ether oxygens (including phenoxy) is 1. The van der Waals surface area contributed by atoms with Crippen molar-refractivity contribution in [2.24, 2.45) is 5.92 Å². The molecule has 2 fully saturated rings. The lowest BCUT2D eigenvalue weighted by Crippen LogP contribution is -2.48. The Kier molecular flexibility index (Phi) is 5.55. The fraction of sp³-hybridized carbons (Fsp3) is 0.688. The molecule has 3 heterocycles. The first kappa shape index (κ1) is 16.6. The van der Waals surface area contributed by atoms with Crippen molar-refractivity contribution in [1.29, 1.82) is 0 Å². The van der Waals surface area contributed by atoms with E-state index in [0.717, 1.165) is 38.9 Å². The molecule has 0 spiro atoms. The Balaban J connectivity index is 1.40. The third kappa shape index (κ3) is 4.39. The molecule has 1 aromatic rings. The number of cyclic esters (lactones) is 1. The molecule has 2 aliphatic heterocycles. The molecule has 2 aliphatic rings. The van der Waals surface area contributed by atoms with E-state index in [1.807, 2.05) is 17.4 Å². The summed E-state index contributed by atoms with van der Waals surface area (Å²) in [6, 6.07) is -0.0456. The van der Waals surface area contributed by atoms with Crippen molar-refractivity contribution in [3.05, 3.63) is 18.7 Å². The van der Waals surface area contributed by atoms with Gasteiger partial charge in [0.05, 0.1) is 12.9 Å². The van der Waals surface area contributed by atoms with Gasteiger partial charge >= 0.3 is 12.1 Å². The van der Waals surface area contributed by atoms with E-state index in [1.165, 1.54) is 0 Å². The number of hydrogen-bond donors (Lipinski definition) is 1. The topological polar surface area (TPSA) is 79.7 Å². The number of imidazole rings is 1. The van der Waals surface area contributed by atoms with Crippen LogP contribution in [-0.4, -0.2) is 70.8 Å². The molecule has 0 aromatic carbocycles. The molecular formula is C16H25N5O3. The van der Waals surface area contributed by atoms with E-state index >= 15 is 0 Å². The average molecular weight is 335 g/mol. The molecule has 2 saturated heterocycles. The molecule has 24 heavy (non-hydrogen) atoms. The number of piperidine rings is 1. The number of rotatable bonds is 5. The lowest BCUT2D eigenvalue weighted by molar-refractivity contribution is 0.0731. The molecule has 1 unspecified atom stereocenters. The maximum atomic E-state index is 12.3. The van der Waals surface area contributed by atoms with Crippen molar-refractivity contribution >= 4 is 12.1 Å². The summed E-state index contributed by atoms with van der Waals surface area (Å²) in [6.45, 7) is 4.59. The normalized spacial score (nSPS) is 21.5. The summed E-state index contributed by atoms with van der Waals surface area (Å²) in [4.78, 5) is 31.4. The summed E-state index contributed by atoms with van der Waals surface area (Å²) in [5.74, 6) is 0.454. The van der Waals surface area contributed by atoms with Crippen LogP contribution in [0.3, 0.4) is 0 Å². The van der Waals surface area contributed by atoms with E-state index in [4.69, 9.17) is 4.74 Å². The Morgan fingerprint density at radius 3 is 3.08 bits per heavy atom.